The third kappa shape index (κ3) is 6.21. The van der Waals surface area contributed by atoms with Gasteiger partial charge in [0.25, 0.3) is 5.91 Å². The lowest BCUT2D eigenvalue weighted by Crippen LogP contribution is -2.50. The van der Waals surface area contributed by atoms with Crippen molar-refractivity contribution in [1.82, 2.24) is 20.3 Å². The van der Waals surface area contributed by atoms with Gasteiger partial charge in [-0.3, -0.25) is 9.59 Å². The topological polar surface area (TPSA) is 141 Å². The molecule has 4 aromatic rings. The van der Waals surface area contributed by atoms with Gasteiger partial charge < -0.3 is 38.5 Å². The van der Waals surface area contributed by atoms with E-state index in [1.165, 1.54) is 56.5 Å². The molecule has 1 saturated heterocycles. The number of aromatic nitrogens is 3. The van der Waals surface area contributed by atoms with Gasteiger partial charge in [-0.25, -0.2) is 4.68 Å². The van der Waals surface area contributed by atoms with E-state index in [0.717, 1.165) is 11.1 Å². The number of ether oxygens (including phenoxy) is 7. The Bertz CT molecular complexity index is 1910. The van der Waals surface area contributed by atoms with Gasteiger partial charge >= 0.3 is 6.36 Å². The van der Waals surface area contributed by atoms with Gasteiger partial charge in [0, 0.05) is 17.8 Å². The average molecular weight is 697 g/mol. The molecule has 50 heavy (non-hydrogen) atoms. The van der Waals surface area contributed by atoms with E-state index in [1.54, 1.807) is 0 Å². The molecule has 0 saturated carbocycles. The Morgan fingerprint density at radius 2 is 1.66 bits per heavy atom. The van der Waals surface area contributed by atoms with Crippen molar-refractivity contribution in [1.29, 1.82) is 0 Å². The third-order valence-electron chi connectivity index (χ3n) is 9.03. The fourth-order valence-corrected chi connectivity index (χ4v) is 6.94. The van der Waals surface area contributed by atoms with Crippen LogP contribution in [0.1, 0.15) is 44.7 Å². The van der Waals surface area contributed by atoms with Gasteiger partial charge in [-0.05, 0) is 58.7 Å². The minimum Gasteiger partial charge on any atom is -0.493 e. The van der Waals surface area contributed by atoms with Gasteiger partial charge in [0.15, 0.2) is 34.5 Å². The van der Waals surface area contributed by atoms with E-state index in [4.69, 9.17) is 28.4 Å². The van der Waals surface area contributed by atoms with Crippen molar-refractivity contribution >= 4 is 11.7 Å². The Morgan fingerprint density at radius 1 is 0.980 bits per heavy atom. The molecule has 7 rings (SSSR count). The number of ketones is 1. The van der Waals surface area contributed by atoms with Crippen LogP contribution in [0.25, 0.3) is 0 Å². The van der Waals surface area contributed by atoms with Gasteiger partial charge in [0.1, 0.15) is 12.4 Å². The van der Waals surface area contributed by atoms with Crippen molar-refractivity contribution < 1.29 is 55.9 Å². The number of methoxy groups -OCH3 is 3. The SMILES string of the molecule is COc1cc([C@@H]2c3cc4c(cc3[C@@H](NC(=O)c3cn(Cc5ccc(OC(F)(F)F)cc5)nn3)[C@H]3COCC(=O)[C@H]23)OCO4)cc(OC)c1OC. The quantitative estimate of drug-likeness (QED) is 0.266. The molecule has 3 heterocycles. The lowest BCUT2D eigenvalue weighted by atomic mass is 9.62. The summed E-state index contributed by atoms with van der Waals surface area (Å²) in [5, 5.41) is 11.1. The van der Waals surface area contributed by atoms with Crippen molar-refractivity contribution in [2.45, 2.75) is 24.9 Å². The number of Topliss-reactive ketones (excluding diaryl/α,β-unsaturated/α-hetero) is 1. The summed E-state index contributed by atoms with van der Waals surface area (Å²) in [6, 6.07) is 11.9. The molecule has 1 aliphatic carbocycles. The molecular weight excluding hydrogens is 665 g/mol. The molecule has 262 valence electrons. The van der Waals surface area contributed by atoms with Crippen LogP contribution in [0.2, 0.25) is 0 Å². The second-order valence-corrected chi connectivity index (χ2v) is 11.9. The van der Waals surface area contributed by atoms with Gasteiger partial charge in [-0.1, -0.05) is 17.3 Å². The van der Waals surface area contributed by atoms with E-state index >= 15 is 0 Å². The van der Waals surface area contributed by atoms with Crippen LogP contribution in [0.15, 0.2) is 54.7 Å². The summed E-state index contributed by atoms with van der Waals surface area (Å²) >= 11 is 0. The fourth-order valence-electron chi connectivity index (χ4n) is 6.94. The van der Waals surface area contributed by atoms with E-state index < -0.39 is 36.1 Å². The molecule has 0 bridgehead atoms. The molecule has 3 aromatic carbocycles. The van der Waals surface area contributed by atoms with Crippen LogP contribution < -0.4 is 33.7 Å². The molecule has 0 spiro atoms. The summed E-state index contributed by atoms with van der Waals surface area (Å²) < 4.78 is 77.0. The number of halogens is 3. The maximum Gasteiger partial charge on any atom is 0.573 e. The van der Waals surface area contributed by atoms with E-state index in [-0.39, 0.29) is 43.8 Å². The predicted octanol–water partition coefficient (Wildman–Crippen LogP) is 4.43. The second-order valence-electron chi connectivity index (χ2n) is 11.9. The van der Waals surface area contributed by atoms with Crippen LogP contribution in [0.3, 0.4) is 0 Å². The van der Waals surface area contributed by atoms with E-state index in [9.17, 15) is 22.8 Å². The van der Waals surface area contributed by atoms with Gasteiger partial charge in [0.05, 0.1) is 46.7 Å². The van der Waals surface area contributed by atoms with Crippen molar-refractivity contribution in [2.75, 3.05) is 41.3 Å². The lowest BCUT2D eigenvalue weighted by Gasteiger charge is -2.46. The Hall–Kier alpha value is -5.51. The molecule has 1 N–H and O–H groups in total. The molecule has 13 nitrogen and oxygen atoms in total. The summed E-state index contributed by atoms with van der Waals surface area (Å²) in [5.74, 6) is -0.426. The number of carbonyl (C=O) groups excluding carboxylic acids is 2. The molecule has 1 aromatic heterocycles. The molecule has 1 fully saturated rings. The number of benzene rings is 3. The Balaban J connectivity index is 1.22. The second kappa shape index (κ2) is 13.1. The van der Waals surface area contributed by atoms with E-state index in [0.29, 0.717) is 39.9 Å². The highest BCUT2D eigenvalue weighted by Crippen LogP contribution is 2.54. The maximum atomic E-state index is 13.8. The standard InChI is InChI=1S/C34H31F3N4O9/c1-44-27-8-18(9-28(45-2)32(27)46-3)29-20-10-25-26(49-16-48-25)11-21(20)31(22-14-47-15-24(42)30(22)29)38-33(43)23-13-41(40-39-23)12-17-4-6-19(7-5-17)50-34(35,36)37/h4-11,13,22,29-31H,12,14-16H2,1-3H3,(H,38,43)/t22-,29+,30+,31+/m0/s1. The fraction of sp³-hybridized carbons (Fsp3) is 0.353. The zero-order valence-corrected chi connectivity index (χ0v) is 27.0. The number of fused-ring (bicyclic) bond motifs is 3. The molecule has 0 unspecified atom stereocenters. The summed E-state index contributed by atoms with van der Waals surface area (Å²) in [6.45, 7) is 0.225. The number of nitrogens with one attached hydrogen (secondary N) is 1. The molecule has 4 atom stereocenters. The highest BCUT2D eigenvalue weighted by atomic mass is 19.4. The molecule has 2 aliphatic heterocycles. The lowest BCUT2D eigenvalue weighted by molar-refractivity contribution is -0.274. The number of amides is 1. The summed E-state index contributed by atoms with van der Waals surface area (Å²) in [6.07, 6.45) is -3.37. The molecular formula is C34H31F3N4O9. The zero-order chi connectivity index (χ0) is 35.2. The first kappa shape index (κ1) is 33.0. The summed E-state index contributed by atoms with van der Waals surface area (Å²) in [5.41, 5.74) is 2.78. The summed E-state index contributed by atoms with van der Waals surface area (Å²) in [7, 11) is 4.54. The average Bonchev–Trinajstić information content (AvgIpc) is 3.77. The normalized spacial score (nSPS) is 20.8. The van der Waals surface area contributed by atoms with Gasteiger partial charge in [-0.2, -0.15) is 0 Å². The van der Waals surface area contributed by atoms with Crippen LogP contribution in [0, 0.1) is 11.8 Å². The molecule has 3 aliphatic rings. The van der Waals surface area contributed by atoms with E-state index in [2.05, 4.69) is 20.4 Å². The van der Waals surface area contributed by atoms with Crippen molar-refractivity contribution in [2.24, 2.45) is 11.8 Å². The van der Waals surface area contributed by atoms with Crippen LogP contribution in [0.5, 0.6) is 34.5 Å². The number of hydrogen-bond donors (Lipinski definition) is 1. The number of rotatable bonds is 9. The first-order chi connectivity index (χ1) is 24.1. The number of hydrogen-bond acceptors (Lipinski definition) is 11. The van der Waals surface area contributed by atoms with E-state index in [1.807, 2.05) is 24.3 Å². The zero-order valence-electron chi connectivity index (χ0n) is 27.0. The van der Waals surface area contributed by atoms with Crippen LogP contribution in [0.4, 0.5) is 13.2 Å². The Kier molecular flexibility index (Phi) is 8.63. The van der Waals surface area contributed by atoms with Crippen molar-refractivity contribution in [3.8, 4) is 34.5 Å². The predicted molar refractivity (Wildman–Crippen MR) is 166 cm³/mol. The highest BCUT2D eigenvalue weighted by Gasteiger charge is 2.50. The largest absolute Gasteiger partial charge is 0.573 e. The minimum atomic E-state index is -4.80. The number of nitrogens with zero attached hydrogens (tertiary/aromatic N) is 3. The smallest absolute Gasteiger partial charge is 0.493 e. The van der Waals surface area contributed by atoms with Crippen LogP contribution in [-0.4, -0.2) is 74.4 Å². The van der Waals surface area contributed by atoms with Crippen LogP contribution in [-0.2, 0) is 16.1 Å². The van der Waals surface area contributed by atoms with Crippen molar-refractivity contribution in [3.05, 3.63) is 82.7 Å². The third-order valence-corrected chi connectivity index (χ3v) is 9.03. The number of carbonyl (C=O) groups is 2. The summed E-state index contributed by atoms with van der Waals surface area (Å²) in [4.78, 5) is 27.6. The Labute approximate surface area is 283 Å². The molecule has 0 radical (unpaired) electrons. The number of alkyl halides is 3. The maximum absolute atomic E-state index is 13.8. The monoisotopic (exact) mass is 696 g/mol. The first-order valence-corrected chi connectivity index (χ1v) is 15.5. The first-order valence-electron chi connectivity index (χ1n) is 15.5. The molecule has 1 amide bonds. The molecule has 16 heteroatoms. The minimum absolute atomic E-state index is 0.00401. The Morgan fingerprint density at radius 3 is 2.30 bits per heavy atom. The van der Waals surface area contributed by atoms with Crippen molar-refractivity contribution in [3.63, 3.8) is 0 Å². The highest BCUT2D eigenvalue weighted by molar-refractivity contribution is 5.92. The van der Waals surface area contributed by atoms with Crippen LogP contribution >= 0.6 is 0 Å². The van der Waals surface area contributed by atoms with Gasteiger partial charge in [-0.15, -0.1) is 18.3 Å². The van der Waals surface area contributed by atoms with Gasteiger partial charge in [0.2, 0.25) is 12.5 Å².